The number of fused-ring (bicyclic) bond motifs is 1. The van der Waals surface area contributed by atoms with Gasteiger partial charge in [0.2, 0.25) is 5.91 Å². The number of piperazine rings is 1. The van der Waals surface area contributed by atoms with E-state index in [1.165, 1.54) is 37.7 Å². The summed E-state index contributed by atoms with van der Waals surface area (Å²) in [5, 5.41) is 0.0755. The zero-order valence-electron chi connectivity index (χ0n) is 27.6. The number of nitrogens with two attached hydrogens (primary N) is 1. The van der Waals surface area contributed by atoms with Crippen LogP contribution in [0.4, 0.5) is 20.3 Å². The first-order chi connectivity index (χ1) is 23.3. The van der Waals surface area contributed by atoms with E-state index in [9.17, 15) is 18.0 Å². The average molecular weight is 693 g/mol. The Kier molecular flexibility index (Phi) is 9.49. The second-order valence-corrected chi connectivity index (χ2v) is 14.5. The van der Waals surface area contributed by atoms with Gasteiger partial charge in [0, 0.05) is 56.4 Å². The molecule has 0 bridgehead atoms. The molecular weight excluding hydrogens is 654 g/mol. The smallest absolute Gasteiger partial charge is 0.355 e. The number of sulfone groups is 1. The molecule has 1 amide bonds. The van der Waals surface area contributed by atoms with Crippen LogP contribution in [0.3, 0.4) is 0 Å². The SMILES string of the molecule is Cc1nccc(S(C)(=O)=O)c1-n1c(=O)nc(N2CCN(C(=O)/C=C/CN3CCCCC3)C[C@@H]2C)c2cc(F)c(-c3c(N)cccc3F)nc21. The van der Waals surface area contributed by atoms with Gasteiger partial charge >= 0.3 is 5.69 Å². The topological polar surface area (TPSA) is 148 Å². The molecule has 258 valence electrons. The Balaban J connectivity index is 1.45. The molecule has 0 radical (unpaired) electrons. The molecule has 0 aliphatic carbocycles. The number of likely N-dealkylation sites (tertiary alicyclic amines) is 1. The molecule has 2 fully saturated rings. The lowest BCUT2D eigenvalue weighted by molar-refractivity contribution is -0.126. The standard InChI is InChI=1S/C34H38F2N8O4S/c1-21-20-42(28(45)11-8-16-41-14-5-4-6-15-41)17-18-43(21)32-23-19-25(36)30(29-24(35)9-7-10-26(29)37)39-33(23)44(34(46)40-32)31-22(2)38-13-12-27(31)49(3,47)48/h7-13,19,21H,4-6,14-18,20,37H2,1-3H3/b11-8+/t21-/m0/s1. The van der Waals surface area contributed by atoms with Crippen LogP contribution < -0.4 is 16.3 Å². The zero-order valence-corrected chi connectivity index (χ0v) is 28.4. The lowest BCUT2D eigenvalue weighted by atomic mass is 10.1. The highest BCUT2D eigenvalue weighted by atomic mass is 32.2. The van der Waals surface area contributed by atoms with E-state index >= 15 is 8.78 Å². The number of carbonyl (C=O) groups excluding carboxylic acids is 1. The molecule has 2 saturated heterocycles. The lowest BCUT2D eigenvalue weighted by Crippen LogP contribution is -2.54. The van der Waals surface area contributed by atoms with E-state index in [1.807, 2.05) is 13.0 Å². The molecular formula is C34H38F2N8O4S. The molecule has 2 aliphatic rings. The van der Waals surface area contributed by atoms with E-state index in [1.54, 1.807) is 15.9 Å². The molecule has 3 aromatic heterocycles. The molecule has 2 aliphatic heterocycles. The van der Waals surface area contributed by atoms with E-state index in [4.69, 9.17) is 5.73 Å². The number of piperidine rings is 1. The van der Waals surface area contributed by atoms with Crippen LogP contribution in [0.15, 0.2) is 58.4 Å². The van der Waals surface area contributed by atoms with Gasteiger partial charge in [-0.1, -0.05) is 18.6 Å². The van der Waals surface area contributed by atoms with Crippen molar-refractivity contribution in [1.29, 1.82) is 0 Å². The van der Waals surface area contributed by atoms with Crippen LogP contribution in [0.1, 0.15) is 31.9 Å². The van der Waals surface area contributed by atoms with Crippen LogP contribution in [0.25, 0.3) is 28.0 Å². The first kappa shape index (κ1) is 34.1. The fourth-order valence-corrected chi connectivity index (χ4v) is 7.52. The number of anilines is 2. The fraction of sp³-hybridized carbons (Fsp3) is 0.382. The molecule has 49 heavy (non-hydrogen) atoms. The summed E-state index contributed by atoms with van der Waals surface area (Å²) in [5.41, 5.74) is 4.21. The summed E-state index contributed by atoms with van der Waals surface area (Å²) < 4.78 is 57.9. The summed E-state index contributed by atoms with van der Waals surface area (Å²) in [6.07, 6.45) is 9.32. The van der Waals surface area contributed by atoms with Gasteiger partial charge in [-0.2, -0.15) is 4.98 Å². The number of hydrogen-bond donors (Lipinski definition) is 1. The van der Waals surface area contributed by atoms with Crippen molar-refractivity contribution in [3.63, 3.8) is 0 Å². The Morgan fingerprint density at radius 3 is 2.51 bits per heavy atom. The van der Waals surface area contributed by atoms with Gasteiger partial charge in [-0.3, -0.25) is 14.7 Å². The van der Waals surface area contributed by atoms with Crippen molar-refractivity contribution in [3.8, 4) is 16.9 Å². The van der Waals surface area contributed by atoms with E-state index < -0.39 is 32.9 Å². The van der Waals surface area contributed by atoms with Gasteiger partial charge < -0.3 is 15.5 Å². The molecule has 1 atom stereocenters. The molecule has 0 unspecified atom stereocenters. The predicted octanol–water partition coefficient (Wildman–Crippen LogP) is 3.49. The Bertz CT molecular complexity index is 2110. The van der Waals surface area contributed by atoms with Crippen LogP contribution in [0, 0.1) is 18.6 Å². The highest BCUT2D eigenvalue weighted by Gasteiger charge is 2.31. The number of nitrogen functional groups attached to an aromatic ring is 1. The predicted molar refractivity (Wildman–Crippen MR) is 183 cm³/mol. The maximum atomic E-state index is 16.0. The van der Waals surface area contributed by atoms with E-state index in [2.05, 4.69) is 19.9 Å². The number of aromatic nitrogens is 4. The highest BCUT2D eigenvalue weighted by Crippen LogP contribution is 2.35. The van der Waals surface area contributed by atoms with Crippen LogP contribution >= 0.6 is 0 Å². The number of hydrogen-bond acceptors (Lipinski definition) is 10. The summed E-state index contributed by atoms with van der Waals surface area (Å²) in [6.45, 7) is 7.02. The van der Waals surface area contributed by atoms with Crippen LogP contribution in [0.2, 0.25) is 0 Å². The number of halogens is 2. The van der Waals surface area contributed by atoms with Gasteiger partial charge in [-0.05, 0) is 64.0 Å². The minimum absolute atomic E-state index is 0.0755. The number of carbonyl (C=O) groups is 1. The van der Waals surface area contributed by atoms with Crippen LogP contribution in [-0.2, 0) is 14.6 Å². The molecule has 2 N–H and O–H groups in total. The number of nitrogens with zero attached hydrogens (tertiary/aromatic N) is 7. The first-order valence-corrected chi connectivity index (χ1v) is 18.0. The maximum Gasteiger partial charge on any atom is 0.355 e. The van der Waals surface area contributed by atoms with Crippen molar-refractivity contribution in [3.05, 3.63) is 76.5 Å². The Hall–Kier alpha value is -4.76. The number of amides is 1. The zero-order chi connectivity index (χ0) is 35.0. The second-order valence-electron chi connectivity index (χ2n) is 12.6. The average Bonchev–Trinajstić information content (AvgIpc) is 3.05. The van der Waals surface area contributed by atoms with Crippen LogP contribution in [0.5, 0.6) is 0 Å². The molecule has 5 heterocycles. The maximum absolute atomic E-state index is 16.0. The van der Waals surface area contributed by atoms with Gasteiger partial charge in [0.05, 0.1) is 27.2 Å². The molecule has 1 aromatic carbocycles. The fourth-order valence-electron chi connectivity index (χ4n) is 6.62. The van der Waals surface area contributed by atoms with E-state index in [-0.39, 0.29) is 62.9 Å². The van der Waals surface area contributed by atoms with Crippen molar-refractivity contribution in [2.45, 2.75) is 44.0 Å². The van der Waals surface area contributed by atoms with Crippen molar-refractivity contribution >= 4 is 38.3 Å². The Morgan fingerprint density at radius 1 is 1.06 bits per heavy atom. The van der Waals surface area contributed by atoms with Gasteiger partial charge in [-0.25, -0.2) is 31.5 Å². The van der Waals surface area contributed by atoms with Gasteiger partial charge in [0.1, 0.15) is 17.3 Å². The third-order valence-electron chi connectivity index (χ3n) is 9.06. The quantitative estimate of drug-likeness (QED) is 0.226. The molecule has 4 aromatic rings. The third-order valence-corrected chi connectivity index (χ3v) is 10.2. The van der Waals surface area contributed by atoms with Gasteiger partial charge in [0.25, 0.3) is 0 Å². The summed E-state index contributed by atoms with van der Waals surface area (Å²) in [5.74, 6) is -1.79. The van der Waals surface area contributed by atoms with Crippen LogP contribution in [-0.4, -0.2) is 95.2 Å². The number of aryl methyl sites for hydroxylation is 1. The van der Waals surface area contributed by atoms with Crippen molar-refractivity contribution in [1.82, 2.24) is 29.3 Å². The monoisotopic (exact) mass is 692 g/mol. The molecule has 6 rings (SSSR count). The number of rotatable bonds is 7. The van der Waals surface area contributed by atoms with Gasteiger partial charge in [-0.15, -0.1) is 0 Å². The third kappa shape index (κ3) is 6.77. The lowest BCUT2D eigenvalue weighted by Gasteiger charge is -2.40. The number of pyridine rings is 2. The Labute approximate surface area is 282 Å². The summed E-state index contributed by atoms with van der Waals surface area (Å²) >= 11 is 0. The molecule has 0 spiro atoms. The Morgan fingerprint density at radius 2 is 1.82 bits per heavy atom. The largest absolute Gasteiger partial charge is 0.398 e. The van der Waals surface area contributed by atoms with Crippen molar-refractivity contribution in [2.75, 3.05) is 56.2 Å². The van der Waals surface area contributed by atoms with Crippen molar-refractivity contribution < 1.29 is 22.0 Å². The van der Waals surface area contributed by atoms with E-state index in [0.29, 0.717) is 19.6 Å². The summed E-state index contributed by atoms with van der Waals surface area (Å²) in [4.78, 5) is 45.7. The molecule has 12 nitrogen and oxygen atoms in total. The van der Waals surface area contributed by atoms with Gasteiger partial charge in [0.15, 0.2) is 21.3 Å². The van der Waals surface area contributed by atoms with E-state index in [0.717, 1.165) is 48.9 Å². The molecule has 0 saturated carbocycles. The minimum Gasteiger partial charge on any atom is -0.398 e. The number of benzene rings is 1. The normalized spacial score (nSPS) is 17.7. The minimum atomic E-state index is -3.91. The summed E-state index contributed by atoms with van der Waals surface area (Å²) in [6, 6.07) is 5.88. The van der Waals surface area contributed by atoms with Crippen molar-refractivity contribution in [2.24, 2.45) is 0 Å². The first-order valence-electron chi connectivity index (χ1n) is 16.1. The summed E-state index contributed by atoms with van der Waals surface area (Å²) in [7, 11) is -3.91. The molecule has 15 heteroatoms. The second kappa shape index (κ2) is 13.6. The highest BCUT2D eigenvalue weighted by molar-refractivity contribution is 7.90.